The van der Waals surface area contributed by atoms with Crippen molar-refractivity contribution in [2.24, 2.45) is 0 Å². The topological polar surface area (TPSA) is 67.8 Å². The van der Waals surface area contributed by atoms with Crippen LogP contribution >= 0.6 is 8.46 Å². The number of nitrogens with zero attached hydrogens (tertiary/aromatic N) is 3. The Labute approximate surface area is 155 Å². The summed E-state index contributed by atoms with van der Waals surface area (Å²) in [6.45, 7) is 5.05. The lowest BCUT2D eigenvalue weighted by Gasteiger charge is -2.18. The van der Waals surface area contributed by atoms with Gasteiger partial charge < -0.3 is 5.32 Å². The molecule has 0 aliphatic carbocycles. The van der Waals surface area contributed by atoms with Gasteiger partial charge in [0.15, 0.2) is 14.1 Å². The molecule has 0 amide bonds. The van der Waals surface area contributed by atoms with E-state index in [1.165, 1.54) is 12.1 Å². The minimum Gasteiger partial charge on any atom is -0.363 e. The third-order valence-electron chi connectivity index (χ3n) is 4.17. The van der Waals surface area contributed by atoms with Gasteiger partial charge in [-0.05, 0) is 26.8 Å². The third-order valence-corrected chi connectivity index (χ3v) is 4.82. The van der Waals surface area contributed by atoms with Crippen molar-refractivity contribution in [2.45, 2.75) is 33.2 Å². The second-order valence-electron chi connectivity index (χ2n) is 6.09. The summed E-state index contributed by atoms with van der Waals surface area (Å²) in [5.41, 5.74) is 0.435. The van der Waals surface area contributed by atoms with Crippen molar-refractivity contribution >= 4 is 30.6 Å². The molecule has 0 spiro atoms. The Balaban J connectivity index is 2.06. The summed E-state index contributed by atoms with van der Waals surface area (Å²) in [5.74, 6) is -0.141. The highest BCUT2D eigenvalue weighted by Gasteiger charge is 2.20. The molecule has 1 atom stereocenters. The minimum atomic E-state index is -2.90. The number of hydrogen-bond acceptors (Lipinski definition) is 5. The smallest absolute Gasteiger partial charge is 0.266 e. The fourth-order valence-electron chi connectivity index (χ4n) is 2.80. The first-order valence-electron chi connectivity index (χ1n) is 8.14. The molecule has 0 bridgehead atoms. The van der Waals surface area contributed by atoms with Gasteiger partial charge in [0.05, 0.1) is 28.0 Å². The minimum absolute atomic E-state index is 0.0967. The Morgan fingerprint density at radius 2 is 1.81 bits per heavy atom. The molecular weight excluding hydrogens is 376 g/mol. The summed E-state index contributed by atoms with van der Waals surface area (Å²) in [4.78, 5) is 12.9. The van der Waals surface area contributed by atoms with Crippen molar-refractivity contribution < 1.29 is 17.7 Å². The lowest BCUT2D eigenvalue weighted by atomic mass is 10.0. The first-order valence-corrected chi connectivity index (χ1v) is 8.95. The zero-order chi connectivity index (χ0) is 19.7. The molecule has 0 saturated heterocycles. The molecule has 0 unspecified atom stereocenters. The summed E-state index contributed by atoms with van der Waals surface area (Å²) in [5, 5.41) is 4.04. The van der Waals surface area contributed by atoms with Crippen LogP contribution in [0.2, 0.25) is 0 Å². The number of nitrogens with one attached hydrogen (secondary N) is 1. The molecule has 3 rings (SSSR count). The monoisotopic (exact) mass is 392 g/mol. The van der Waals surface area contributed by atoms with Gasteiger partial charge in [-0.25, -0.2) is 28.1 Å². The molecule has 0 fully saturated rings. The Morgan fingerprint density at radius 3 is 2.48 bits per heavy atom. The van der Waals surface area contributed by atoms with Crippen LogP contribution in [-0.2, 0) is 4.57 Å². The van der Waals surface area contributed by atoms with Crippen LogP contribution in [0.3, 0.4) is 0 Å². The number of fused-ring (bicyclic) bond motifs is 1. The fraction of sp³-hybridized carbons (Fsp3) is 0.278. The number of halogens is 3. The highest BCUT2D eigenvalue weighted by Crippen LogP contribution is 2.30. The first kappa shape index (κ1) is 19.2. The van der Waals surface area contributed by atoms with E-state index in [4.69, 9.17) is 0 Å². The normalized spacial score (nSPS) is 12.7. The van der Waals surface area contributed by atoms with E-state index in [9.17, 15) is 17.7 Å². The fourth-order valence-corrected chi connectivity index (χ4v) is 3.16. The van der Waals surface area contributed by atoms with E-state index in [0.29, 0.717) is 33.7 Å². The SMILES string of the molecule is Cc1nc(N[C@H](C)c2cccc(C(F)F)c2F)c2cc(P=O)c(C)nc2n1. The van der Waals surface area contributed by atoms with E-state index in [-0.39, 0.29) is 14.0 Å². The first-order chi connectivity index (χ1) is 12.8. The highest BCUT2D eigenvalue weighted by molar-refractivity contribution is 7.34. The van der Waals surface area contributed by atoms with Crippen LogP contribution in [-0.4, -0.2) is 15.0 Å². The molecule has 2 aromatic heterocycles. The predicted octanol–water partition coefficient (Wildman–Crippen LogP) is 4.81. The second-order valence-corrected chi connectivity index (χ2v) is 6.76. The van der Waals surface area contributed by atoms with Crippen LogP contribution in [0.1, 0.15) is 42.0 Å². The average molecular weight is 392 g/mol. The Hall–Kier alpha value is -2.60. The van der Waals surface area contributed by atoms with Crippen LogP contribution in [0.25, 0.3) is 11.0 Å². The molecular formula is C18H16F3N4OP. The lowest BCUT2D eigenvalue weighted by Crippen LogP contribution is -2.13. The molecule has 1 aromatic carbocycles. The van der Waals surface area contributed by atoms with Crippen molar-refractivity contribution in [3.8, 4) is 0 Å². The van der Waals surface area contributed by atoms with Crippen LogP contribution in [0.4, 0.5) is 19.0 Å². The molecule has 27 heavy (non-hydrogen) atoms. The van der Waals surface area contributed by atoms with Gasteiger partial charge in [0.25, 0.3) is 6.43 Å². The lowest BCUT2D eigenvalue weighted by molar-refractivity contribution is 0.146. The Bertz CT molecular complexity index is 1030. The largest absolute Gasteiger partial charge is 0.363 e. The number of benzene rings is 1. The third kappa shape index (κ3) is 3.76. The molecule has 9 heteroatoms. The molecule has 140 valence electrons. The van der Waals surface area contributed by atoms with Gasteiger partial charge in [0.2, 0.25) is 0 Å². The Kier molecular flexibility index (Phi) is 5.37. The Morgan fingerprint density at radius 1 is 1.11 bits per heavy atom. The molecule has 5 nitrogen and oxygen atoms in total. The highest BCUT2D eigenvalue weighted by atomic mass is 31.1. The van der Waals surface area contributed by atoms with E-state index in [0.717, 1.165) is 6.07 Å². The molecule has 1 N–H and O–H groups in total. The number of aryl methyl sites for hydroxylation is 2. The summed E-state index contributed by atoms with van der Waals surface area (Å²) < 4.78 is 51.7. The zero-order valence-corrected chi connectivity index (χ0v) is 15.7. The number of hydrogen-bond donors (Lipinski definition) is 1. The average Bonchev–Trinajstić information content (AvgIpc) is 2.60. The predicted molar refractivity (Wildman–Crippen MR) is 97.4 cm³/mol. The van der Waals surface area contributed by atoms with E-state index >= 15 is 0 Å². The van der Waals surface area contributed by atoms with Crippen LogP contribution in [0.15, 0.2) is 24.3 Å². The molecule has 0 aliphatic heterocycles. The molecule has 0 aliphatic rings. The van der Waals surface area contributed by atoms with Gasteiger partial charge in [0, 0.05) is 5.56 Å². The number of anilines is 1. The second kappa shape index (κ2) is 7.56. The summed E-state index contributed by atoms with van der Waals surface area (Å²) >= 11 is 0. The van der Waals surface area contributed by atoms with Crippen molar-refractivity contribution in [1.82, 2.24) is 15.0 Å². The van der Waals surface area contributed by atoms with Crippen molar-refractivity contribution in [2.75, 3.05) is 5.32 Å². The number of alkyl halides is 2. The van der Waals surface area contributed by atoms with E-state index in [1.54, 1.807) is 26.8 Å². The van der Waals surface area contributed by atoms with Crippen LogP contribution in [0.5, 0.6) is 0 Å². The number of rotatable bonds is 5. The van der Waals surface area contributed by atoms with Crippen molar-refractivity contribution in [3.63, 3.8) is 0 Å². The molecule has 0 radical (unpaired) electrons. The maximum absolute atomic E-state index is 14.4. The maximum Gasteiger partial charge on any atom is 0.266 e. The van der Waals surface area contributed by atoms with Gasteiger partial charge in [-0.3, -0.25) is 4.57 Å². The van der Waals surface area contributed by atoms with E-state index < -0.39 is 23.8 Å². The van der Waals surface area contributed by atoms with Gasteiger partial charge in [-0.1, -0.05) is 18.2 Å². The van der Waals surface area contributed by atoms with Gasteiger partial charge in [-0.15, -0.1) is 0 Å². The van der Waals surface area contributed by atoms with Crippen LogP contribution in [0, 0.1) is 19.7 Å². The van der Waals surface area contributed by atoms with E-state index in [2.05, 4.69) is 20.3 Å². The summed E-state index contributed by atoms with van der Waals surface area (Å²) in [7, 11) is -0.192. The standard InChI is InChI=1S/C18H16F3N4OP/c1-8(11-5-4-6-12(15(11)19)16(20)21)22-17-13-7-14(27-26)9(2)23-18(13)25-10(3)24-17/h4-8,16H,1-3H3,(H,22,23,24,25)/t8-/m1/s1. The maximum atomic E-state index is 14.4. The van der Waals surface area contributed by atoms with Gasteiger partial charge in [0.1, 0.15) is 17.5 Å². The summed E-state index contributed by atoms with van der Waals surface area (Å²) in [6.07, 6.45) is -2.90. The quantitative estimate of drug-likeness (QED) is 0.632. The van der Waals surface area contributed by atoms with Crippen molar-refractivity contribution in [3.05, 3.63) is 52.7 Å². The van der Waals surface area contributed by atoms with Crippen LogP contribution < -0.4 is 10.6 Å². The van der Waals surface area contributed by atoms with E-state index in [1.807, 2.05) is 0 Å². The number of pyridine rings is 1. The van der Waals surface area contributed by atoms with Gasteiger partial charge >= 0.3 is 0 Å². The molecule has 2 heterocycles. The van der Waals surface area contributed by atoms with Gasteiger partial charge in [-0.2, -0.15) is 0 Å². The summed E-state index contributed by atoms with van der Waals surface area (Å²) in [6, 6.07) is 4.90. The van der Waals surface area contributed by atoms with Crippen molar-refractivity contribution in [1.29, 1.82) is 0 Å². The number of aromatic nitrogens is 3. The molecule has 3 aromatic rings. The molecule has 0 saturated carbocycles. The zero-order valence-electron chi connectivity index (χ0n) is 14.8.